The number of thioether (sulfide) groups is 1. The molecule has 4 atom stereocenters. The summed E-state index contributed by atoms with van der Waals surface area (Å²) in [6, 6.07) is -0.347. The smallest absolute Gasteiger partial charge is 0.352 e. The Labute approximate surface area is 203 Å². The summed E-state index contributed by atoms with van der Waals surface area (Å²) in [5.41, 5.74) is 5.89. The number of amides is 2. The number of β-lactam (4-membered cyclic amide) rings is 1. The van der Waals surface area contributed by atoms with E-state index in [4.69, 9.17) is 5.73 Å². The Hall–Kier alpha value is -1.64. The average molecular weight is 578 g/mol. The second-order valence-electron chi connectivity index (χ2n) is 7.66. The monoisotopic (exact) mass is 578 g/mol. The van der Waals surface area contributed by atoms with Crippen molar-refractivity contribution < 1.29 is 53.0 Å². The number of thiazole rings is 1. The van der Waals surface area contributed by atoms with Crippen molar-refractivity contribution in [1.82, 2.24) is 9.47 Å². The van der Waals surface area contributed by atoms with Crippen LogP contribution in [0, 0.1) is 11.8 Å². The van der Waals surface area contributed by atoms with E-state index in [1.807, 2.05) is 34.7 Å². The van der Waals surface area contributed by atoms with Crippen LogP contribution in [-0.2, 0) is 20.9 Å². The van der Waals surface area contributed by atoms with Crippen LogP contribution in [0.5, 0.6) is 0 Å². The number of aromatic nitrogens is 2. The van der Waals surface area contributed by atoms with Gasteiger partial charge in [0.15, 0.2) is 0 Å². The second-order valence-corrected chi connectivity index (χ2v) is 9.49. The van der Waals surface area contributed by atoms with Crippen LogP contribution in [0.2, 0.25) is 0 Å². The predicted octanol–water partition coefficient (Wildman–Crippen LogP) is -2.46. The fraction of sp³-hybridized carbons (Fsp3) is 0.474. The highest BCUT2D eigenvalue weighted by atomic mass is 127. The number of aryl methyl sites for hydroxylation is 1. The summed E-state index contributed by atoms with van der Waals surface area (Å²) in [6.45, 7) is 3.94. The summed E-state index contributed by atoms with van der Waals surface area (Å²) in [5.74, 6) is -2.65. The largest absolute Gasteiger partial charge is 1.00 e. The number of aliphatic carboxylic acids is 1. The second kappa shape index (κ2) is 8.71. The number of carboxylic acids is 1. The molecule has 12 heteroatoms. The molecular weight excluding hydrogens is 555 g/mol. The van der Waals surface area contributed by atoms with Gasteiger partial charge in [0.1, 0.15) is 11.9 Å². The molecule has 0 unspecified atom stereocenters. The Bertz CT molecular complexity index is 1110. The van der Waals surface area contributed by atoms with Crippen LogP contribution < -0.4 is 34.1 Å². The number of fused-ring (bicyclic) bond motifs is 2. The lowest BCUT2D eigenvalue weighted by molar-refractivity contribution is -0.508. The first-order chi connectivity index (χ1) is 14.2. The quantitative estimate of drug-likeness (QED) is 0.145. The van der Waals surface area contributed by atoms with Crippen LogP contribution in [-0.4, -0.2) is 55.9 Å². The number of carbonyl (C=O) groups is 3. The zero-order valence-electron chi connectivity index (χ0n) is 17.1. The van der Waals surface area contributed by atoms with Crippen molar-refractivity contribution in [3.8, 4) is 0 Å². The summed E-state index contributed by atoms with van der Waals surface area (Å²) in [5, 5.41) is 20.8. The fourth-order valence-corrected chi connectivity index (χ4v) is 6.75. The lowest BCUT2D eigenvalue weighted by atomic mass is 9.77. The molecule has 4 N–H and O–H groups in total. The van der Waals surface area contributed by atoms with Crippen LogP contribution in [0.4, 0.5) is 0 Å². The van der Waals surface area contributed by atoms with Crippen molar-refractivity contribution >= 4 is 51.3 Å². The molecule has 0 aliphatic carbocycles. The van der Waals surface area contributed by atoms with Crippen LogP contribution in [0.1, 0.15) is 25.1 Å². The number of aliphatic hydroxyl groups is 1. The molecule has 0 radical (unpaired) electrons. The molecule has 168 valence electrons. The Morgan fingerprint density at radius 1 is 1.42 bits per heavy atom. The van der Waals surface area contributed by atoms with Gasteiger partial charge in [0.05, 0.1) is 35.9 Å². The number of halogens is 1. The Kier molecular flexibility index (Phi) is 6.75. The van der Waals surface area contributed by atoms with E-state index in [0.717, 1.165) is 14.7 Å². The van der Waals surface area contributed by atoms with Gasteiger partial charge in [0, 0.05) is 11.5 Å². The van der Waals surface area contributed by atoms with E-state index < -0.39 is 18.0 Å². The van der Waals surface area contributed by atoms with Gasteiger partial charge in [-0.1, -0.05) is 30.0 Å². The molecule has 2 aliphatic rings. The third kappa shape index (κ3) is 3.66. The number of hydrogen-bond acceptors (Lipinski definition) is 6. The molecule has 2 aromatic heterocycles. The van der Waals surface area contributed by atoms with E-state index >= 15 is 0 Å². The molecule has 0 bridgehead atoms. The van der Waals surface area contributed by atoms with E-state index in [9.17, 15) is 24.6 Å². The number of primary amides is 1. The highest BCUT2D eigenvalue weighted by Crippen LogP contribution is 2.51. The first-order valence-corrected chi connectivity index (χ1v) is 11.6. The van der Waals surface area contributed by atoms with Gasteiger partial charge in [0.2, 0.25) is 21.7 Å². The molecule has 9 nitrogen and oxygen atoms in total. The Morgan fingerprint density at radius 3 is 2.65 bits per heavy atom. The molecule has 0 saturated carbocycles. The molecule has 31 heavy (non-hydrogen) atoms. The summed E-state index contributed by atoms with van der Waals surface area (Å²) < 4.78 is 3.87. The highest BCUT2D eigenvalue weighted by Gasteiger charge is 2.60. The van der Waals surface area contributed by atoms with Gasteiger partial charge in [-0.05, 0) is 13.2 Å². The van der Waals surface area contributed by atoms with Gasteiger partial charge in [-0.2, -0.15) is 4.40 Å². The maximum absolute atomic E-state index is 12.5. The lowest BCUT2D eigenvalue weighted by Gasteiger charge is -2.46. The fourth-order valence-electron chi connectivity index (χ4n) is 4.55. The van der Waals surface area contributed by atoms with Crippen molar-refractivity contribution in [2.45, 2.75) is 44.0 Å². The van der Waals surface area contributed by atoms with E-state index in [1.165, 1.54) is 28.0 Å². The van der Waals surface area contributed by atoms with Gasteiger partial charge >= 0.3 is 5.97 Å². The summed E-state index contributed by atoms with van der Waals surface area (Å²) in [6.07, 6.45) is 5.06. The minimum atomic E-state index is -1.14. The SMILES string of the molecule is CSc1c2sc(C3=C(C(=O)O)N4C(=O)[C@H]([C@@H](C)O)[C@H]4[C@H]3C)c[n+]2cn1CCC(N)=O.[I-]. The molecule has 4 rings (SSSR count). The normalized spacial score (nSPS) is 23.5. The maximum Gasteiger partial charge on any atom is 0.352 e. The number of imidazole rings is 1. The molecule has 2 amide bonds. The molecule has 0 aromatic carbocycles. The molecule has 1 fully saturated rings. The third-order valence-electron chi connectivity index (χ3n) is 5.84. The van der Waals surface area contributed by atoms with E-state index in [-0.39, 0.29) is 59.9 Å². The number of nitrogens with two attached hydrogens (primary N) is 1. The zero-order valence-corrected chi connectivity index (χ0v) is 20.9. The van der Waals surface area contributed by atoms with Crippen molar-refractivity contribution in [3.63, 3.8) is 0 Å². The molecule has 1 saturated heterocycles. The van der Waals surface area contributed by atoms with Crippen LogP contribution in [0.3, 0.4) is 0 Å². The van der Waals surface area contributed by atoms with E-state index in [0.29, 0.717) is 12.1 Å². The van der Waals surface area contributed by atoms with Gasteiger partial charge in [-0.15, -0.1) is 0 Å². The number of rotatable bonds is 7. The van der Waals surface area contributed by atoms with Gasteiger partial charge < -0.3 is 44.8 Å². The minimum Gasteiger partial charge on any atom is -1.00 e. The Morgan fingerprint density at radius 2 is 2.10 bits per heavy atom. The van der Waals surface area contributed by atoms with Crippen molar-refractivity contribution in [2.75, 3.05) is 6.26 Å². The van der Waals surface area contributed by atoms with Crippen LogP contribution in [0.15, 0.2) is 23.2 Å². The number of hydrogen-bond donors (Lipinski definition) is 3. The average Bonchev–Trinajstić information content (AvgIpc) is 3.26. The summed E-state index contributed by atoms with van der Waals surface area (Å²) in [4.78, 5) is 38.8. The van der Waals surface area contributed by atoms with Crippen LogP contribution >= 0.6 is 23.1 Å². The summed E-state index contributed by atoms with van der Waals surface area (Å²) in [7, 11) is 0. The lowest BCUT2D eigenvalue weighted by Crippen LogP contribution is -3.00. The highest BCUT2D eigenvalue weighted by molar-refractivity contribution is 7.98. The van der Waals surface area contributed by atoms with Crippen molar-refractivity contribution in [1.29, 1.82) is 0 Å². The number of carbonyl (C=O) groups excluding carboxylic acids is 2. The van der Waals surface area contributed by atoms with Crippen molar-refractivity contribution in [2.24, 2.45) is 17.6 Å². The van der Waals surface area contributed by atoms with E-state index in [1.54, 1.807) is 6.92 Å². The standard InChI is InChI=1S/C19H22N4O5S2.HI/c1-8-12(15(19(27)28)23-14(8)13(9(2)24)16(23)26)10-6-22-7-21(5-4-11(20)25)17(29-3)18(22)30-10;/h6-9,13-14,24H,4-5H2,1-3H3,(H2-,20,25,27,28);1H/t8-,9+,13+,14+;/m0./s1. The molecule has 4 heterocycles. The summed E-state index contributed by atoms with van der Waals surface area (Å²) >= 11 is 2.99. The topological polar surface area (TPSA) is 130 Å². The number of carboxylic acid groups (broad SMARTS) is 1. The maximum atomic E-state index is 12.5. The number of aliphatic hydroxyl groups excluding tert-OH is 1. The molecule has 2 aliphatic heterocycles. The van der Waals surface area contributed by atoms with Crippen LogP contribution in [0.25, 0.3) is 10.4 Å². The molecular formula is C19H23IN4O5S2. The van der Waals surface area contributed by atoms with E-state index in [2.05, 4.69) is 0 Å². The molecule has 0 spiro atoms. The Balaban J connectivity index is 0.00000272. The van der Waals surface area contributed by atoms with Gasteiger partial charge in [-0.25, -0.2) is 9.36 Å². The van der Waals surface area contributed by atoms with Crippen molar-refractivity contribution in [3.05, 3.63) is 23.1 Å². The number of nitrogens with zero attached hydrogens (tertiary/aromatic N) is 3. The van der Waals surface area contributed by atoms with Gasteiger partial charge in [-0.3, -0.25) is 9.59 Å². The predicted molar refractivity (Wildman–Crippen MR) is 111 cm³/mol. The first kappa shape index (κ1) is 24.0. The van der Waals surface area contributed by atoms with Gasteiger partial charge in [0.25, 0.3) is 6.33 Å². The third-order valence-corrected chi connectivity index (χ3v) is 7.92. The molecule has 2 aromatic rings. The minimum absolute atomic E-state index is 0. The zero-order chi connectivity index (χ0) is 21.9. The first-order valence-electron chi connectivity index (χ1n) is 9.52.